The van der Waals surface area contributed by atoms with Crippen molar-refractivity contribution < 1.29 is 8.78 Å². The first kappa shape index (κ1) is 20.3. The van der Waals surface area contributed by atoms with E-state index in [1.165, 1.54) is 17.7 Å². The molecule has 0 spiro atoms. The molecule has 24 heavy (non-hydrogen) atoms. The number of benzene rings is 2. The van der Waals surface area contributed by atoms with Crippen LogP contribution in [0.2, 0.25) is 0 Å². The van der Waals surface area contributed by atoms with Crippen LogP contribution in [0.3, 0.4) is 0 Å². The van der Waals surface area contributed by atoms with Crippen molar-refractivity contribution in [2.45, 2.75) is 19.9 Å². The van der Waals surface area contributed by atoms with E-state index in [4.69, 9.17) is 0 Å². The summed E-state index contributed by atoms with van der Waals surface area (Å²) < 4.78 is 26.4. The van der Waals surface area contributed by atoms with Gasteiger partial charge in [-0.15, -0.1) is 24.0 Å². The van der Waals surface area contributed by atoms with Gasteiger partial charge in [-0.05, 0) is 30.5 Å². The molecule has 0 amide bonds. The molecule has 0 aromatic heterocycles. The summed E-state index contributed by atoms with van der Waals surface area (Å²) in [6.45, 7) is 3.22. The lowest BCUT2D eigenvalue weighted by atomic mass is 10.1. The quantitative estimate of drug-likeness (QED) is 0.418. The average molecular weight is 445 g/mol. The molecule has 0 aliphatic rings. The molecule has 6 heteroatoms. The zero-order valence-electron chi connectivity index (χ0n) is 13.8. The lowest BCUT2D eigenvalue weighted by Gasteiger charge is -2.12. The van der Waals surface area contributed by atoms with Gasteiger partial charge < -0.3 is 10.6 Å². The number of halogens is 3. The van der Waals surface area contributed by atoms with E-state index in [1.54, 1.807) is 7.05 Å². The summed E-state index contributed by atoms with van der Waals surface area (Å²) in [5.74, 6) is -0.433. The van der Waals surface area contributed by atoms with E-state index < -0.39 is 11.6 Å². The van der Waals surface area contributed by atoms with Crippen molar-refractivity contribution in [3.63, 3.8) is 0 Å². The number of rotatable bonds is 5. The number of hydrogen-bond acceptors (Lipinski definition) is 1. The molecule has 0 radical (unpaired) electrons. The van der Waals surface area contributed by atoms with Crippen LogP contribution in [0.5, 0.6) is 0 Å². The summed E-state index contributed by atoms with van der Waals surface area (Å²) in [5, 5.41) is 6.32. The van der Waals surface area contributed by atoms with Crippen molar-refractivity contribution in [2.24, 2.45) is 4.99 Å². The molecule has 0 bridgehead atoms. The third-order valence-electron chi connectivity index (χ3n) is 3.51. The van der Waals surface area contributed by atoms with Crippen molar-refractivity contribution in [3.8, 4) is 0 Å². The minimum absolute atomic E-state index is 0. The monoisotopic (exact) mass is 445 g/mol. The molecule has 0 saturated heterocycles. The lowest BCUT2D eigenvalue weighted by molar-refractivity contribution is 0.570. The first-order valence-corrected chi connectivity index (χ1v) is 7.52. The molecule has 130 valence electrons. The Kier molecular flexibility index (Phi) is 8.67. The molecule has 2 aromatic carbocycles. The Balaban J connectivity index is 0.00000288. The fraction of sp³-hybridized carbons (Fsp3) is 0.278. The largest absolute Gasteiger partial charge is 0.356 e. The lowest BCUT2D eigenvalue weighted by Crippen LogP contribution is -2.37. The highest BCUT2D eigenvalue weighted by molar-refractivity contribution is 14.0. The molecular weight excluding hydrogens is 423 g/mol. The molecule has 0 heterocycles. The summed E-state index contributed by atoms with van der Waals surface area (Å²) in [5.41, 5.74) is 2.86. The Morgan fingerprint density at radius 3 is 2.38 bits per heavy atom. The fourth-order valence-electron chi connectivity index (χ4n) is 2.15. The average Bonchev–Trinajstić information content (AvgIpc) is 2.54. The Hall–Kier alpha value is -1.70. The minimum atomic E-state index is -0.560. The maximum absolute atomic E-state index is 13.5. The fourth-order valence-corrected chi connectivity index (χ4v) is 2.15. The van der Waals surface area contributed by atoms with E-state index >= 15 is 0 Å². The van der Waals surface area contributed by atoms with Gasteiger partial charge in [0.05, 0.1) is 0 Å². The van der Waals surface area contributed by atoms with Gasteiger partial charge >= 0.3 is 0 Å². The Labute approximate surface area is 158 Å². The smallest absolute Gasteiger partial charge is 0.191 e. The highest BCUT2D eigenvalue weighted by atomic mass is 127. The van der Waals surface area contributed by atoms with Gasteiger partial charge in [0, 0.05) is 26.2 Å². The highest BCUT2D eigenvalue weighted by Gasteiger charge is 2.04. The van der Waals surface area contributed by atoms with Gasteiger partial charge in [0.1, 0.15) is 11.6 Å². The van der Waals surface area contributed by atoms with Gasteiger partial charge in [-0.3, -0.25) is 4.99 Å². The van der Waals surface area contributed by atoms with Crippen LogP contribution in [-0.2, 0) is 13.0 Å². The van der Waals surface area contributed by atoms with Crippen LogP contribution in [0.25, 0.3) is 0 Å². The van der Waals surface area contributed by atoms with Crippen molar-refractivity contribution >= 4 is 29.9 Å². The zero-order valence-corrected chi connectivity index (χ0v) is 16.1. The van der Waals surface area contributed by atoms with Crippen molar-refractivity contribution in [3.05, 3.63) is 70.8 Å². The van der Waals surface area contributed by atoms with E-state index in [9.17, 15) is 8.78 Å². The predicted molar refractivity (Wildman–Crippen MR) is 105 cm³/mol. The van der Waals surface area contributed by atoms with E-state index in [2.05, 4.69) is 39.9 Å². The number of hydrogen-bond donors (Lipinski definition) is 2. The van der Waals surface area contributed by atoms with Crippen LogP contribution >= 0.6 is 24.0 Å². The SMILES string of the molecule is CN=C(NCCc1ccc(F)cc1F)NCc1ccc(C)cc1.I. The number of nitrogens with one attached hydrogen (secondary N) is 2. The van der Waals surface area contributed by atoms with Gasteiger partial charge in [-0.25, -0.2) is 8.78 Å². The van der Waals surface area contributed by atoms with Gasteiger partial charge in [0.15, 0.2) is 5.96 Å². The Bertz CT molecular complexity index is 672. The second kappa shape index (κ2) is 10.2. The highest BCUT2D eigenvalue weighted by Crippen LogP contribution is 2.09. The van der Waals surface area contributed by atoms with Gasteiger partial charge in [-0.1, -0.05) is 35.9 Å². The number of nitrogens with zero attached hydrogens (tertiary/aromatic N) is 1. The van der Waals surface area contributed by atoms with Crippen molar-refractivity contribution in [2.75, 3.05) is 13.6 Å². The third-order valence-corrected chi connectivity index (χ3v) is 3.51. The molecule has 0 fully saturated rings. The molecule has 0 saturated carbocycles. The standard InChI is InChI=1S/C18H21F2N3.HI/c1-13-3-5-14(6-4-13)12-23-18(21-2)22-10-9-15-7-8-16(19)11-17(15)20;/h3-8,11H,9-10,12H2,1-2H3,(H2,21,22,23);1H. The van der Waals surface area contributed by atoms with Crippen LogP contribution < -0.4 is 10.6 Å². The molecular formula is C18H22F2IN3. The molecule has 0 unspecified atom stereocenters. The minimum Gasteiger partial charge on any atom is -0.356 e. The van der Waals surface area contributed by atoms with Gasteiger partial charge in [-0.2, -0.15) is 0 Å². The molecule has 0 atom stereocenters. The van der Waals surface area contributed by atoms with Crippen molar-refractivity contribution in [1.82, 2.24) is 10.6 Å². The second-order valence-electron chi connectivity index (χ2n) is 5.32. The summed E-state index contributed by atoms with van der Waals surface area (Å²) in [6.07, 6.45) is 0.456. The zero-order chi connectivity index (χ0) is 16.7. The predicted octanol–water partition coefficient (Wildman–Crippen LogP) is 3.80. The first-order valence-electron chi connectivity index (χ1n) is 7.52. The molecule has 3 nitrogen and oxygen atoms in total. The summed E-state index contributed by atoms with van der Waals surface area (Å²) >= 11 is 0. The third kappa shape index (κ3) is 6.43. The number of guanidine groups is 1. The van der Waals surface area contributed by atoms with Crippen LogP contribution in [0, 0.1) is 18.6 Å². The Morgan fingerprint density at radius 2 is 1.75 bits per heavy atom. The topological polar surface area (TPSA) is 36.4 Å². The van der Waals surface area contributed by atoms with Gasteiger partial charge in [0.25, 0.3) is 0 Å². The van der Waals surface area contributed by atoms with Crippen LogP contribution in [0.4, 0.5) is 8.78 Å². The summed E-state index contributed by atoms with van der Waals surface area (Å²) in [4.78, 5) is 4.13. The van der Waals surface area contributed by atoms with E-state index in [1.807, 2.05) is 6.92 Å². The maximum atomic E-state index is 13.5. The van der Waals surface area contributed by atoms with E-state index in [0.29, 0.717) is 31.0 Å². The molecule has 2 aromatic rings. The van der Waals surface area contributed by atoms with Crippen molar-refractivity contribution in [1.29, 1.82) is 0 Å². The molecule has 2 N–H and O–H groups in total. The number of aliphatic imine (C=N–C) groups is 1. The van der Waals surface area contributed by atoms with Gasteiger partial charge in [0.2, 0.25) is 0 Å². The summed E-state index contributed by atoms with van der Waals surface area (Å²) in [6, 6.07) is 11.9. The Morgan fingerprint density at radius 1 is 1.04 bits per heavy atom. The molecule has 0 aliphatic heterocycles. The second-order valence-corrected chi connectivity index (χ2v) is 5.32. The maximum Gasteiger partial charge on any atom is 0.191 e. The van der Waals surface area contributed by atoms with Crippen LogP contribution in [0.1, 0.15) is 16.7 Å². The van der Waals surface area contributed by atoms with Crippen LogP contribution in [0.15, 0.2) is 47.5 Å². The number of aryl methyl sites for hydroxylation is 1. The van der Waals surface area contributed by atoms with Crippen LogP contribution in [-0.4, -0.2) is 19.6 Å². The molecule has 2 rings (SSSR count). The summed E-state index contributed by atoms with van der Waals surface area (Å²) in [7, 11) is 1.68. The first-order chi connectivity index (χ1) is 11.1. The van der Waals surface area contributed by atoms with E-state index in [-0.39, 0.29) is 24.0 Å². The molecule has 0 aliphatic carbocycles. The van der Waals surface area contributed by atoms with E-state index in [0.717, 1.165) is 11.6 Å². The normalized spacial score (nSPS) is 10.9.